The molecule has 0 fully saturated rings. The zero-order chi connectivity index (χ0) is 20.4. The number of aryl methyl sites for hydroxylation is 2. The average Bonchev–Trinajstić information content (AvgIpc) is 3.38. The Hall–Kier alpha value is -2.93. The molecule has 2 unspecified atom stereocenters. The van der Waals surface area contributed by atoms with E-state index in [1.54, 1.807) is 11.8 Å². The highest BCUT2D eigenvalue weighted by molar-refractivity contribution is 8.02. The molecule has 7 heteroatoms. The van der Waals surface area contributed by atoms with Crippen molar-refractivity contribution in [2.24, 2.45) is 10.2 Å². The lowest BCUT2D eigenvalue weighted by Gasteiger charge is -2.17. The zero-order valence-electron chi connectivity index (χ0n) is 16.3. The van der Waals surface area contributed by atoms with Crippen LogP contribution < -0.4 is 10.9 Å². The van der Waals surface area contributed by atoms with Crippen molar-refractivity contribution >= 4 is 34.8 Å². The summed E-state index contributed by atoms with van der Waals surface area (Å²) in [5.74, 6) is -0.163. The van der Waals surface area contributed by atoms with Gasteiger partial charge in [-0.2, -0.15) is 10.2 Å². The molecule has 6 nitrogen and oxygen atoms in total. The summed E-state index contributed by atoms with van der Waals surface area (Å²) in [5, 5.41) is 8.22. The minimum Gasteiger partial charge on any atom is -0.308 e. The number of hydrogen-bond donors (Lipinski definition) is 2. The molecule has 0 aromatic heterocycles. The van der Waals surface area contributed by atoms with Gasteiger partial charge in [0.2, 0.25) is 11.6 Å². The monoisotopic (exact) mass is 406 g/mol. The van der Waals surface area contributed by atoms with Crippen molar-refractivity contribution < 1.29 is 9.59 Å². The maximum absolute atomic E-state index is 12.9. The number of nitrogens with one attached hydrogen (secondary N) is 2. The summed E-state index contributed by atoms with van der Waals surface area (Å²) >= 11 is 1.56. The predicted molar refractivity (Wildman–Crippen MR) is 117 cm³/mol. The van der Waals surface area contributed by atoms with E-state index < -0.39 is 0 Å². The van der Waals surface area contributed by atoms with Crippen LogP contribution >= 0.6 is 11.8 Å². The normalized spacial score (nSPS) is 20.5. The summed E-state index contributed by atoms with van der Waals surface area (Å²) in [6.45, 7) is 5.08. The molecule has 2 atom stereocenters. The SMILES string of the molecule is Cc1ccc(C(=O)C2=NNCC2SC2CNN=C2C(=O)c2ccc(C)cc2)cc1. The van der Waals surface area contributed by atoms with Crippen molar-refractivity contribution in [1.82, 2.24) is 10.9 Å². The van der Waals surface area contributed by atoms with Crippen molar-refractivity contribution in [3.05, 3.63) is 70.8 Å². The number of hydrogen-bond acceptors (Lipinski definition) is 7. The Bertz CT molecular complexity index is 915. The van der Waals surface area contributed by atoms with Gasteiger partial charge in [-0.3, -0.25) is 9.59 Å². The number of thioether (sulfide) groups is 1. The molecule has 29 heavy (non-hydrogen) atoms. The quantitative estimate of drug-likeness (QED) is 0.721. The van der Waals surface area contributed by atoms with E-state index in [0.29, 0.717) is 35.6 Å². The summed E-state index contributed by atoms with van der Waals surface area (Å²) in [5.41, 5.74) is 10.3. The first-order valence-electron chi connectivity index (χ1n) is 9.52. The standard InChI is InChI=1S/C22H22N4O2S/c1-13-3-7-15(8-4-13)21(27)19-17(11-23-25-19)29-18-12-24-26-20(18)22(28)16-9-5-14(2)6-10-16/h3-10,17-18,23-24H,11-12H2,1-2H3. The molecule has 0 saturated carbocycles. The molecule has 0 bridgehead atoms. The van der Waals surface area contributed by atoms with E-state index in [1.165, 1.54) is 0 Å². The number of Topliss-reactive ketones (excluding diaryl/α,β-unsaturated/α-hetero) is 2. The molecular formula is C22H22N4O2S. The molecule has 0 saturated heterocycles. The summed E-state index contributed by atoms with van der Waals surface area (Å²) in [4.78, 5) is 25.8. The van der Waals surface area contributed by atoms with Gasteiger partial charge in [-0.05, 0) is 13.8 Å². The molecule has 2 aliphatic heterocycles. The minimum absolute atomic E-state index is 0.0817. The molecule has 0 aliphatic carbocycles. The van der Waals surface area contributed by atoms with E-state index in [0.717, 1.165) is 11.1 Å². The van der Waals surface area contributed by atoms with Crippen LogP contribution in [0, 0.1) is 13.8 Å². The smallest absolute Gasteiger partial charge is 0.210 e. The molecule has 2 N–H and O–H groups in total. The molecule has 0 amide bonds. The molecule has 0 spiro atoms. The van der Waals surface area contributed by atoms with Gasteiger partial charge in [-0.25, -0.2) is 0 Å². The Balaban J connectivity index is 1.48. The van der Waals surface area contributed by atoms with E-state index in [4.69, 9.17) is 0 Å². The Morgan fingerprint density at radius 3 is 1.52 bits per heavy atom. The van der Waals surface area contributed by atoms with E-state index in [1.807, 2.05) is 62.4 Å². The molecule has 148 valence electrons. The molecule has 2 aromatic carbocycles. The molecular weight excluding hydrogens is 384 g/mol. The van der Waals surface area contributed by atoms with Crippen LogP contribution in [0.5, 0.6) is 0 Å². The Morgan fingerprint density at radius 1 is 0.759 bits per heavy atom. The van der Waals surface area contributed by atoms with E-state index in [2.05, 4.69) is 21.1 Å². The summed E-state index contributed by atoms with van der Waals surface area (Å²) in [6.07, 6.45) is 0. The van der Waals surface area contributed by atoms with Crippen LogP contribution in [0.25, 0.3) is 0 Å². The van der Waals surface area contributed by atoms with Crippen LogP contribution in [0.2, 0.25) is 0 Å². The zero-order valence-corrected chi connectivity index (χ0v) is 17.1. The molecule has 4 rings (SSSR count). The highest BCUT2D eigenvalue weighted by atomic mass is 32.2. The van der Waals surface area contributed by atoms with Gasteiger partial charge in [0.15, 0.2) is 0 Å². The van der Waals surface area contributed by atoms with Crippen molar-refractivity contribution in [2.45, 2.75) is 24.3 Å². The minimum atomic E-state index is -0.135. The Morgan fingerprint density at radius 2 is 1.14 bits per heavy atom. The topological polar surface area (TPSA) is 82.9 Å². The fourth-order valence-corrected chi connectivity index (χ4v) is 4.60. The second-order valence-corrected chi connectivity index (χ2v) is 8.63. The number of carbonyl (C=O) groups is 2. The third-order valence-electron chi connectivity index (χ3n) is 4.98. The van der Waals surface area contributed by atoms with Crippen LogP contribution in [-0.2, 0) is 0 Å². The second-order valence-electron chi connectivity index (χ2n) is 7.22. The van der Waals surface area contributed by atoms with E-state index in [-0.39, 0.29) is 22.1 Å². The first kappa shape index (κ1) is 19.4. The van der Waals surface area contributed by atoms with Crippen molar-refractivity contribution in [3.8, 4) is 0 Å². The van der Waals surface area contributed by atoms with Crippen molar-refractivity contribution in [2.75, 3.05) is 13.1 Å². The van der Waals surface area contributed by atoms with Gasteiger partial charge >= 0.3 is 0 Å². The van der Waals surface area contributed by atoms with Crippen LogP contribution in [0.3, 0.4) is 0 Å². The van der Waals surface area contributed by atoms with E-state index in [9.17, 15) is 9.59 Å². The summed E-state index contributed by atoms with van der Waals surface area (Å²) in [6, 6.07) is 15.0. The summed E-state index contributed by atoms with van der Waals surface area (Å²) < 4.78 is 0. The predicted octanol–water partition coefficient (Wildman–Crippen LogP) is 2.76. The number of benzene rings is 2. The highest BCUT2D eigenvalue weighted by Gasteiger charge is 2.36. The van der Waals surface area contributed by atoms with Gasteiger partial charge in [-0.15, -0.1) is 11.8 Å². The largest absolute Gasteiger partial charge is 0.308 e. The van der Waals surface area contributed by atoms with E-state index >= 15 is 0 Å². The molecule has 0 radical (unpaired) electrons. The van der Waals surface area contributed by atoms with Crippen LogP contribution in [-0.4, -0.2) is 46.6 Å². The van der Waals surface area contributed by atoms with Gasteiger partial charge in [0, 0.05) is 11.1 Å². The Kier molecular flexibility index (Phi) is 5.49. The first-order valence-corrected chi connectivity index (χ1v) is 10.5. The highest BCUT2D eigenvalue weighted by Crippen LogP contribution is 2.27. The number of nitrogens with zero attached hydrogens (tertiary/aromatic N) is 2. The van der Waals surface area contributed by atoms with Gasteiger partial charge in [0.25, 0.3) is 0 Å². The van der Waals surface area contributed by atoms with Gasteiger partial charge < -0.3 is 10.9 Å². The third-order valence-corrected chi connectivity index (χ3v) is 6.42. The lowest BCUT2D eigenvalue weighted by molar-refractivity contribution is 0.105. The second kappa shape index (κ2) is 8.21. The van der Waals surface area contributed by atoms with Crippen molar-refractivity contribution in [1.29, 1.82) is 0 Å². The third kappa shape index (κ3) is 4.10. The number of rotatable bonds is 6. The number of carbonyl (C=O) groups excluding carboxylic acids is 2. The molecule has 2 aromatic rings. The lowest BCUT2D eigenvalue weighted by Crippen LogP contribution is -2.33. The molecule has 2 heterocycles. The lowest BCUT2D eigenvalue weighted by atomic mass is 10.0. The molecule has 2 aliphatic rings. The van der Waals surface area contributed by atoms with Crippen LogP contribution in [0.15, 0.2) is 58.7 Å². The maximum Gasteiger partial charge on any atom is 0.210 e. The van der Waals surface area contributed by atoms with Crippen LogP contribution in [0.4, 0.5) is 0 Å². The fraction of sp³-hybridized carbons (Fsp3) is 0.273. The number of ketones is 2. The van der Waals surface area contributed by atoms with Gasteiger partial charge in [-0.1, -0.05) is 59.7 Å². The number of hydrazone groups is 2. The summed E-state index contributed by atoms with van der Waals surface area (Å²) in [7, 11) is 0. The van der Waals surface area contributed by atoms with Crippen molar-refractivity contribution in [3.63, 3.8) is 0 Å². The first-order chi connectivity index (χ1) is 14.0. The van der Waals surface area contributed by atoms with Gasteiger partial charge in [0.05, 0.1) is 23.6 Å². The fourth-order valence-electron chi connectivity index (χ4n) is 3.29. The van der Waals surface area contributed by atoms with Crippen LogP contribution in [0.1, 0.15) is 31.8 Å². The maximum atomic E-state index is 12.9. The Labute approximate surface area is 173 Å². The van der Waals surface area contributed by atoms with Gasteiger partial charge in [0.1, 0.15) is 11.4 Å². The average molecular weight is 407 g/mol.